The van der Waals surface area contributed by atoms with Gasteiger partial charge < -0.3 is 25.2 Å². The lowest BCUT2D eigenvalue weighted by Gasteiger charge is -2.05. The van der Waals surface area contributed by atoms with Gasteiger partial charge in [-0.05, 0) is 49.5 Å². The Morgan fingerprint density at radius 1 is 0.644 bits per heavy atom. The van der Waals surface area contributed by atoms with Crippen LogP contribution in [0.4, 0.5) is 0 Å². The van der Waals surface area contributed by atoms with Crippen LogP contribution in [-0.4, -0.2) is 57.5 Å². The average molecular weight is 643 g/mol. The Morgan fingerprint density at radius 3 is 1.51 bits per heavy atom. The van der Waals surface area contributed by atoms with Crippen molar-refractivity contribution in [3.8, 4) is 0 Å². The molecule has 45 heavy (non-hydrogen) atoms. The van der Waals surface area contributed by atoms with Crippen molar-refractivity contribution in [1.29, 1.82) is 0 Å². The molecule has 0 aromatic heterocycles. The van der Waals surface area contributed by atoms with Gasteiger partial charge in [0.25, 0.3) is 0 Å². The Kier molecular flexibility index (Phi) is 42.5. The SMILES string of the molecule is CC(C)CC(=O)O.CCCC(=O)OCCC(C)C.CCCCCC(=O)O.CCCCCCCC(=O)O.OCCc1ccccc1. The van der Waals surface area contributed by atoms with Gasteiger partial charge in [-0.15, -0.1) is 0 Å². The van der Waals surface area contributed by atoms with Crippen LogP contribution in [-0.2, 0) is 30.3 Å². The summed E-state index contributed by atoms with van der Waals surface area (Å²) in [7, 11) is 0. The van der Waals surface area contributed by atoms with E-state index in [1.165, 1.54) is 24.8 Å². The van der Waals surface area contributed by atoms with E-state index in [0.717, 1.165) is 51.4 Å². The number of carbonyl (C=O) groups is 4. The van der Waals surface area contributed by atoms with Gasteiger partial charge in [0.05, 0.1) is 6.61 Å². The Bertz CT molecular complexity index is 793. The van der Waals surface area contributed by atoms with Gasteiger partial charge in [-0.1, -0.05) is 117 Å². The van der Waals surface area contributed by atoms with Crippen LogP contribution >= 0.6 is 0 Å². The predicted octanol–water partition coefficient (Wildman–Crippen LogP) is 8.80. The van der Waals surface area contributed by atoms with Gasteiger partial charge in [0.15, 0.2) is 0 Å². The number of aliphatic hydroxyl groups is 1. The molecular weight excluding hydrogens is 576 g/mol. The topological polar surface area (TPSA) is 158 Å². The highest BCUT2D eigenvalue weighted by atomic mass is 16.5. The molecule has 0 aliphatic rings. The molecule has 0 saturated carbocycles. The number of esters is 1. The van der Waals surface area contributed by atoms with Crippen molar-refractivity contribution in [3.63, 3.8) is 0 Å². The second-order valence-corrected chi connectivity index (χ2v) is 11.5. The minimum Gasteiger partial charge on any atom is -0.481 e. The van der Waals surface area contributed by atoms with E-state index in [1.807, 2.05) is 51.1 Å². The summed E-state index contributed by atoms with van der Waals surface area (Å²) in [6.45, 7) is 15.0. The number of rotatable bonds is 19. The number of hydrogen-bond donors (Lipinski definition) is 4. The van der Waals surface area contributed by atoms with Crippen LogP contribution in [0.3, 0.4) is 0 Å². The van der Waals surface area contributed by atoms with Crippen molar-refractivity contribution in [1.82, 2.24) is 0 Å². The van der Waals surface area contributed by atoms with Crippen LogP contribution in [0.25, 0.3) is 0 Å². The smallest absolute Gasteiger partial charge is 0.305 e. The zero-order valence-electron chi connectivity index (χ0n) is 29.4. The quantitative estimate of drug-likeness (QED) is 0.0854. The predicted molar refractivity (Wildman–Crippen MR) is 182 cm³/mol. The number of unbranched alkanes of at least 4 members (excludes halogenated alkanes) is 6. The standard InChI is InChI=1S/C9H18O2.C8H16O2.C8H10O.C6H12O2.C5H10O2/c1-4-5-9(10)11-7-6-8(2)3;1-2-3-4-5-6-7-8(9)10;9-7-6-8-4-2-1-3-5-8;1-2-3-4-5-6(7)8;1-4(2)3-5(6)7/h8H,4-7H2,1-3H3;2-7H2,1H3,(H,9,10);1-5,9H,6-7H2;2-5H2,1H3,(H,7,8);4H,3H2,1-2H3,(H,6,7). The van der Waals surface area contributed by atoms with E-state index in [2.05, 4.69) is 27.7 Å². The third-order valence-electron chi connectivity index (χ3n) is 5.73. The highest BCUT2D eigenvalue weighted by Gasteiger charge is 2.01. The summed E-state index contributed by atoms with van der Waals surface area (Å²) in [4.78, 5) is 40.5. The van der Waals surface area contributed by atoms with Gasteiger partial charge in [-0.25, -0.2) is 0 Å². The van der Waals surface area contributed by atoms with E-state index >= 15 is 0 Å². The Hall–Kier alpha value is -2.94. The Morgan fingerprint density at radius 2 is 1.13 bits per heavy atom. The molecular formula is C36H66O9. The molecule has 4 N–H and O–H groups in total. The Labute approximate surface area is 273 Å². The highest BCUT2D eigenvalue weighted by Crippen LogP contribution is 2.04. The molecule has 0 spiro atoms. The van der Waals surface area contributed by atoms with Crippen molar-refractivity contribution in [2.45, 2.75) is 145 Å². The first-order chi connectivity index (χ1) is 21.3. The third-order valence-corrected chi connectivity index (χ3v) is 5.73. The number of aliphatic carboxylic acids is 3. The van der Waals surface area contributed by atoms with Crippen molar-refractivity contribution >= 4 is 23.9 Å². The molecule has 1 rings (SSSR count). The number of carbonyl (C=O) groups excluding carboxylic acids is 1. The Balaban J connectivity index is -0.000000235. The van der Waals surface area contributed by atoms with E-state index in [9.17, 15) is 19.2 Å². The summed E-state index contributed by atoms with van der Waals surface area (Å²) in [5, 5.41) is 33.0. The lowest BCUT2D eigenvalue weighted by molar-refractivity contribution is -0.144. The lowest BCUT2D eigenvalue weighted by atomic mass is 10.1. The fourth-order valence-electron chi connectivity index (χ4n) is 3.21. The monoisotopic (exact) mass is 642 g/mol. The summed E-state index contributed by atoms with van der Waals surface area (Å²) in [6, 6.07) is 9.95. The van der Waals surface area contributed by atoms with E-state index in [1.54, 1.807) is 0 Å². The van der Waals surface area contributed by atoms with Crippen LogP contribution in [0.1, 0.15) is 144 Å². The zero-order valence-corrected chi connectivity index (χ0v) is 29.4. The van der Waals surface area contributed by atoms with Crippen molar-refractivity contribution in [2.75, 3.05) is 13.2 Å². The molecule has 0 heterocycles. The van der Waals surface area contributed by atoms with E-state index < -0.39 is 17.9 Å². The van der Waals surface area contributed by atoms with Gasteiger partial charge in [0, 0.05) is 32.3 Å². The van der Waals surface area contributed by atoms with Crippen LogP contribution in [0, 0.1) is 11.8 Å². The lowest BCUT2D eigenvalue weighted by Crippen LogP contribution is -2.06. The third kappa shape index (κ3) is 57.3. The van der Waals surface area contributed by atoms with Gasteiger partial charge in [0.2, 0.25) is 0 Å². The number of carboxylic acids is 3. The molecule has 9 nitrogen and oxygen atoms in total. The van der Waals surface area contributed by atoms with E-state index in [-0.39, 0.29) is 24.9 Å². The van der Waals surface area contributed by atoms with Crippen molar-refractivity contribution in [2.24, 2.45) is 11.8 Å². The van der Waals surface area contributed by atoms with E-state index in [4.69, 9.17) is 25.2 Å². The molecule has 0 bridgehead atoms. The average Bonchev–Trinajstić information content (AvgIpc) is 2.94. The number of ether oxygens (including phenoxy) is 1. The molecule has 0 radical (unpaired) electrons. The van der Waals surface area contributed by atoms with E-state index in [0.29, 0.717) is 31.8 Å². The van der Waals surface area contributed by atoms with Crippen molar-refractivity contribution < 1.29 is 44.3 Å². The summed E-state index contributed by atoms with van der Waals surface area (Å²) >= 11 is 0. The summed E-state index contributed by atoms with van der Waals surface area (Å²) < 4.78 is 4.95. The number of hydrogen-bond acceptors (Lipinski definition) is 6. The van der Waals surface area contributed by atoms with Gasteiger partial charge in [-0.2, -0.15) is 0 Å². The molecule has 1 aromatic rings. The summed E-state index contributed by atoms with van der Waals surface area (Å²) in [5.41, 5.74) is 1.19. The fourth-order valence-corrected chi connectivity index (χ4v) is 3.21. The van der Waals surface area contributed by atoms with Crippen LogP contribution in [0.15, 0.2) is 30.3 Å². The van der Waals surface area contributed by atoms with Crippen LogP contribution < -0.4 is 0 Å². The second-order valence-electron chi connectivity index (χ2n) is 11.5. The first kappa shape index (κ1) is 49.0. The van der Waals surface area contributed by atoms with Gasteiger partial charge in [0.1, 0.15) is 0 Å². The largest absolute Gasteiger partial charge is 0.481 e. The number of aliphatic hydroxyl groups excluding tert-OH is 1. The zero-order chi connectivity index (χ0) is 35.3. The maximum absolute atomic E-state index is 10.8. The fraction of sp³-hybridized carbons (Fsp3) is 0.722. The first-order valence-electron chi connectivity index (χ1n) is 16.7. The minimum absolute atomic E-state index is 0.0619. The molecule has 0 amide bonds. The molecule has 9 heteroatoms. The molecule has 0 atom stereocenters. The molecule has 0 aliphatic heterocycles. The molecule has 0 aliphatic carbocycles. The normalized spacial score (nSPS) is 9.64. The maximum Gasteiger partial charge on any atom is 0.305 e. The first-order valence-corrected chi connectivity index (χ1v) is 16.7. The molecule has 0 saturated heterocycles. The van der Waals surface area contributed by atoms with Crippen LogP contribution in [0.2, 0.25) is 0 Å². The number of carboxylic acid groups (broad SMARTS) is 3. The molecule has 0 unspecified atom stereocenters. The molecule has 264 valence electrons. The number of benzene rings is 1. The van der Waals surface area contributed by atoms with Gasteiger partial charge in [-0.3, -0.25) is 19.2 Å². The minimum atomic E-state index is -0.713. The maximum atomic E-state index is 10.8. The summed E-state index contributed by atoms with van der Waals surface area (Å²) in [5.74, 6) is -1.24. The summed E-state index contributed by atoms with van der Waals surface area (Å²) in [6.07, 6.45) is 12.6. The van der Waals surface area contributed by atoms with Crippen molar-refractivity contribution in [3.05, 3.63) is 35.9 Å². The molecule has 1 aromatic carbocycles. The van der Waals surface area contributed by atoms with Crippen LogP contribution in [0.5, 0.6) is 0 Å². The van der Waals surface area contributed by atoms with Gasteiger partial charge >= 0.3 is 23.9 Å². The highest BCUT2D eigenvalue weighted by molar-refractivity contribution is 5.69. The second kappa shape index (κ2) is 39.1. The molecule has 0 fully saturated rings.